The lowest BCUT2D eigenvalue weighted by molar-refractivity contribution is -0.122. The number of carbonyl (C=O) groups excluding carboxylic acids is 1. The summed E-state index contributed by atoms with van der Waals surface area (Å²) >= 11 is 0. The van der Waals surface area contributed by atoms with E-state index in [0.29, 0.717) is 19.1 Å². The summed E-state index contributed by atoms with van der Waals surface area (Å²) in [6.45, 7) is 0.384. The maximum absolute atomic E-state index is 10.4. The van der Waals surface area contributed by atoms with Gasteiger partial charge in [0, 0.05) is 34.0 Å². The molecule has 90 valence electrons. The summed E-state index contributed by atoms with van der Waals surface area (Å²) < 4.78 is 20.6. The van der Waals surface area contributed by atoms with Gasteiger partial charge in [0.05, 0.1) is 0 Å². The Morgan fingerprint density at radius 1 is 1.20 bits per heavy atom. The number of rotatable bonds is 9. The van der Waals surface area contributed by atoms with Crippen molar-refractivity contribution in [3.05, 3.63) is 0 Å². The molecule has 0 saturated heterocycles. The molecule has 0 aliphatic heterocycles. The maximum atomic E-state index is 10.4. The molecule has 0 rings (SSSR count). The van der Waals surface area contributed by atoms with Gasteiger partial charge < -0.3 is 23.7 Å². The number of primary amides is 1. The van der Waals surface area contributed by atoms with Gasteiger partial charge in [-0.1, -0.05) is 0 Å². The summed E-state index contributed by atoms with van der Waals surface area (Å²) in [7, 11) is 2.19. The second kappa shape index (κ2) is 7.77. The average Bonchev–Trinajstić information content (AvgIpc) is 2.24. The highest BCUT2D eigenvalue weighted by molar-refractivity contribution is 6.60. The van der Waals surface area contributed by atoms with Gasteiger partial charge in [-0.25, -0.2) is 0 Å². The van der Waals surface area contributed by atoms with E-state index < -0.39 is 14.7 Å². The molecule has 0 aliphatic carbocycles. The first-order valence-corrected chi connectivity index (χ1v) is 6.55. The van der Waals surface area contributed by atoms with Crippen molar-refractivity contribution < 1.29 is 22.8 Å². The van der Waals surface area contributed by atoms with Crippen LogP contribution >= 0.6 is 0 Å². The summed E-state index contributed by atoms with van der Waals surface area (Å²) in [4.78, 5) is 10.4. The monoisotopic (exact) mass is 237 g/mol. The van der Waals surface area contributed by atoms with Crippen LogP contribution in [0.4, 0.5) is 0 Å². The van der Waals surface area contributed by atoms with Gasteiger partial charge in [-0.05, 0) is 6.42 Å². The minimum Gasteiger partial charge on any atom is -0.377 e. The standard InChI is InChI=1S/C8H19NO5Si/c1-11-15(12-2,13-3)6-4-5-14-7-8(9)10/h4-7H2,1-3H3,(H2,9,10). The molecule has 0 saturated carbocycles. The molecule has 0 aromatic heterocycles. The van der Waals surface area contributed by atoms with Crippen LogP contribution in [-0.2, 0) is 22.8 Å². The zero-order valence-electron chi connectivity index (χ0n) is 9.45. The van der Waals surface area contributed by atoms with E-state index in [0.717, 1.165) is 0 Å². The third-order valence-corrected chi connectivity index (χ3v) is 4.78. The molecule has 0 radical (unpaired) electrons. The molecule has 7 heteroatoms. The number of carbonyl (C=O) groups is 1. The molecule has 0 aromatic carbocycles. The van der Waals surface area contributed by atoms with Gasteiger partial charge in [0.25, 0.3) is 0 Å². The maximum Gasteiger partial charge on any atom is 0.500 e. The number of hydrogen-bond acceptors (Lipinski definition) is 5. The highest BCUT2D eigenvalue weighted by Gasteiger charge is 2.36. The van der Waals surface area contributed by atoms with Crippen molar-refractivity contribution in [1.29, 1.82) is 0 Å². The second-order valence-electron chi connectivity index (χ2n) is 2.92. The van der Waals surface area contributed by atoms with Crippen LogP contribution in [-0.4, -0.2) is 49.3 Å². The molecule has 0 fully saturated rings. The van der Waals surface area contributed by atoms with Crippen LogP contribution in [0.15, 0.2) is 0 Å². The number of nitrogens with two attached hydrogens (primary N) is 1. The summed E-state index contributed by atoms with van der Waals surface area (Å²) in [6.07, 6.45) is 0.703. The molecule has 0 unspecified atom stereocenters. The highest BCUT2D eigenvalue weighted by Crippen LogP contribution is 2.14. The van der Waals surface area contributed by atoms with Gasteiger partial charge in [0.2, 0.25) is 5.91 Å². The van der Waals surface area contributed by atoms with Crippen molar-refractivity contribution in [2.45, 2.75) is 12.5 Å². The quantitative estimate of drug-likeness (QED) is 0.442. The van der Waals surface area contributed by atoms with Crippen LogP contribution in [0.1, 0.15) is 6.42 Å². The third-order valence-electron chi connectivity index (χ3n) is 1.95. The van der Waals surface area contributed by atoms with E-state index >= 15 is 0 Å². The Morgan fingerprint density at radius 3 is 2.13 bits per heavy atom. The molecular formula is C8H19NO5Si. The van der Waals surface area contributed by atoms with E-state index in [9.17, 15) is 4.79 Å². The van der Waals surface area contributed by atoms with Gasteiger partial charge in [0.15, 0.2) is 0 Å². The summed E-state index contributed by atoms with van der Waals surface area (Å²) in [5, 5.41) is 0. The summed E-state index contributed by atoms with van der Waals surface area (Å²) in [6, 6.07) is 0.648. The zero-order valence-corrected chi connectivity index (χ0v) is 10.4. The van der Waals surface area contributed by atoms with E-state index in [4.69, 9.17) is 23.7 Å². The fraction of sp³-hybridized carbons (Fsp3) is 0.875. The lowest BCUT2D eigenvalue weighted by Crippen LogP contribution is -2.42. The van der Waals surface area contributed by atoms with E-state index in [-0.39, 0.29) is 6.61 Å². The number of amides is 1. The second-order valence-corrected chi connectivity index (χ2v) is 6.01. The Hall–Kier alpha value is -0.473. The molecular weight excluding hydrogens is 218 g/mol. The first kappa shape index (κ1) is 14.5. The van der Waals surface area contributed by atoms with E-state index in [2.05, 4.69) is 0 Å². The molecule has 2 N–H and O–H groups in total. The molecule has 0 aliphatic rings. The molecule has 1 amide bonds. The lowest BCUT2D eigenvalue weighted by Gasteiger charge is -2.24. The zero-order chi connectivity index (χ0) is 11.7. The van der Waals surface area contributed by atoms with Crippen LogP contribution in [0.2, 0.25) is 6.04 Å². The molecule has 0 bridgehead atoms. The van der Waals surface area contributed by atoms with Gasteiger partial charge in [-0.3, -0.25) is 4.79 Å². The van der Waals surface area contributed by atoms with Crippen molar-refractivity contribution in [2.24, 2.45) is 5.73 Å². The Labute approximate surface area is 91.0 Å². The lowest BCUT2D eigenvalue weighted by atomic mass is 10.5. The molecule has 0 heterocycles. The fourth-order valence-corrected chi connectivity index (χ4v) is 2.81. The average molecular weight is 237 g/mol. The summed E-state index contributed by atoms with van der Waals surface area (Å²) in [5.74, 6) is -0.469. The Kier molecular flexibility index (Phi) is 7.53. The van der Waals surface area contributed by atoms with Crippen LogP contribution < -0.4 is 5.73 Å². The van der Waals surface area contributed by atoms with E-state index in [1.165, 1.54) is 0 Å². The number of hydrogen-bond donors (Lipinski definition) is 1. The minimum absolute atomic E-state index is 0.0541. The van der Waals surface area contributed by atoms with Gasteiger partial charge in [-0.2, -0.15) is 0 Å². The first-order valence-electron chi connectivity index (χ1n) is 4.61. The molecule has 0 aromatic rings. The van der Waals surface area contributed by atoms with Crippen LogP contribution in [0, 0.1) is 0 Å². The minimum atomic E-state index is -2.49. The van der Waals surface area contributed by atoms with Crippen molar-refractivity contribution in [2.75, 3.05) is 34.5 Å². The van der Waals surface area contributed by atoms with Crippen molar-refractivity contribution in [3.63, 3.8) is 0 Å². The largest absolute Gasteiger partial charge is 0.500 e. The number of ether oxygens (including phenoxy) is 1. The predicted octanol–water partition coefficient (Wildman–Crippen LogP) is -0.243. The Balaban J connectivity index is 3.67. The highest BCUT2D eigenvalue weighted by atomic mass is 28.4. The molecule has 15 heavy (non-hydrogen) atoms. The fourth-order valence-electron chi connectivity index (χ4n) is 1.12. The van der Waals surface area contributed by atoms with Crippen LogP contribution in [0.5, 0.6) is 0 Å². The third kappa shape index (κ3) is 5.85. The Morgan fingerprint density at radius 2 is 1.73 bits per heavy atom. The van der Waals surface area contributed by atoms with Gasteiger partial charge in [0.1, 0.15) is 6.61 Å². The van der Waals surface area contributed by atoms with Crippen LogP contribution in [0.25, 0.3) is 0 Å². The molecule has 0 atom stereocenters. The smallest absolute Gasteiger partial charge is 0.377 e. The topological polar surface area (TPSA) is 80.0 Å². The van der Waals surface area contributed by atoms with Crippen molar-refractivity contribution >= 4 is 14.7 Å². The SMILES string of the molecule is CO[Si](CCCOCC(N)=O)(OC)OC. The van der Waals surface area contributed by atoms with Crippen LogP contribution in [0.3, 0.4) is 0 Å². The summed E-state index contributed by atoms with van der Waals surface area (Å²) in [5.41, 5.74) is 4.91. The first-order chi connectivity index (χ1) is 7.10. The van der Waals surface area contributed by atoms with Crippen molar-refractivity contribution in [3.8, 4) is 0 Å². The van der Waals surface area contributed by atoms with E-state index in [1.54, 1.807) is 21.3 Å². The van der Waals surface area contributed by atoms with Gasteiger partial charge >= 0.3 is 8.80 Å². The molecule has 6 nitrogen and oxygen atoms in total. The molecule has 0 spiro atoms. The van der Waals surface area contributed by atoms with E-state index in [1.807, 2.05) is 0 Å². The normalized spacial score (nSPS) is 11.7. The Bertz CT molecular complexity index is 178. The predicted molar refractivity (Wildman–Crippen MR) is 56.2 cm³/mol. The van der Waals surface area contributed by atoms with Gasteiger partial charge in [-0.15, -0.1) is 0 Å². The van der Waals surface area contributed by atoms with Crippen molar-refractivity contribution in [1.82, 2.24) is 0 Å².